The summed E-state index contributed by atoms with van der Waals surface area (Å²) in [5.41, 5.74) is 3.42. The van der Waals surface area contributed by atoms with Crippen LogP contribution in [0.5, 0.6) is 5.75 Å². The van der Waals surface area contributed by atoms with E-state index >= 15 is 0 Å². The van der Waals surface area contributed by atoms with Crippen LogP contribution < -0.4 is 10.3 Å². The molecule has 0 N–H and O–H groups in total. The zero-order chi connectivity index (χ0) is 25.1. The van der Waals surface area contributed by atoms with Crippen molar-refractivity contribution in [3.63, 3.8) is 0 Å². The topological polar surface area (TPSA) is 73.7 Å². The van der Waals surface area contributed by atoms with Gasteiger partial charge >= 0.3 is 5.97 Å². The van der Waals surface area contributed by atoms with Crippen molar-refractivity contribution in [1.29, 1.82) is 0 Å². The van der Waals surface area contributed by atoms with Crippen LogP contribution in [-0.4, -0.2) is 40.6 Å². The number of fused-ring (bicyclic) bond motifs is 2. The number of hydrogen-bond acceptors (Lipinski definition) is 6. The molecule has 0 aliphatic carbocycles. The maximum atomic E-state index is 13.2. The maximum absolute atomic E-state index is 13.2. The van der Waals surface area contributed by atoms with Crippen LogP contribution in [0.4, 0.5) is 4.39 Å². The molecule has 0 spiro atoms. The van der Waals surface area contributed by atoms with Gasteiger partial charge in [-0.15, -0.1) is 0 Å². The predicted octanol–water partition coefficient (Wildman–Crippen LogP) is 3.96. The number of aromatic nitrogens is 2. The third-order valence-electron chi connectivity index (χ3n) is 6.49. The van der Waals surface area contributed by atoms with Crippen LogP contribution in [0.25, 0.3) is 10.9 Å². The maximum Gasteiger partial charge on any atom is 0.343 e. The van der Waals surface area contributed by atoms with E-state index in [9.17, 15) is 14.0 Å². The SMILES string of the molecule is COC(=O)c1c(OCc2ccc(F)cc2)cc(=O)n2c1CCN(Cc1cccc3cccnc13)CC2. The monoisotopic (exact) mass is 487 g/mol. The molecule has 0 atom stereocenters. The summed E-state index contributed by atoms with van der Waals surface area (Å²) in [5, 5.41) is 1.08. The number of hydrogen-bond donors (Lipinski definition) is 0. The summed E-state index contributed by atoms with van der Waals surface area (Å²) in [4.78, 5) is 32.7. The predicted molar refractivity (Wildman–Crippen MR) is 133 cm³/mol. The largest absolute Gasteiger partial charge is 0.488 e. The zero-order valence-corrected chi connectivity index (χ0v) is 19.9. The van der Waals surface area contributed by atoms with Crippen molar-refractivity contribution in [1.82, 2.24) is 14.5 Å². The molecule has 0 saturated heterocycles. The van der Waals surface area contributed by atoms with Gasteiger partial charge in [0.15, 0.2) is 0 Å². The summed E-state index contributed by atoms with van der Waals surface area (Å²) >= 11 is 0. The van der Waals surface area contributed by atoms with Crippen molar-refractivity contribution < 1.29 is 18.7 Å². The smallest absolute Gasteiger partial charge is 0.343 e. The van der Waals surface area contributed by atoms with E-state index in [0.717, 1.165) is 22.0 Å². The van der Waals surface area contributed by atoms with Crippen LogP contribution in [0, 0.1) is 5.82 Å². The number of halogens is 1. The van der Waals surface area contributed by atoms with Gasteiger partial charge in [-0.1, -0.05) is 36.4 Å². The lowest BCUT2D eigenvalue weighted by Crippen LogP contribution is -2.29. The number of nitrogens with zero attached hydrogens (tertiary/aromatic N) is 3. The van der Waals surface area contributed by atoms with Gasteiger partial charge in [0.1, 0.15) is 23.7 Å². The van der Waals surface area contributed by atoms with Crippen molar-refractivity contribution in [2.24, 2.45) is 0 Å². The quantitative estimate of drug-likeness (QED) is 0.384. The number of para-hydroxylation sites is 1. The van der Waals surface area contributed by atoms with E-state index in [-0.39, 0.29) is 29.3 Å². The third kappa shape index (κ3) is 4.85. The molecule has 0 unspecified atom stereocenters. The van der Waals surface area contributed by atoms with Crippen LogP contribution in [0.2, 0.25) is 0 Å². The number of carbonyl (C=O) groups is 1. The van der Waals surface area contributed by atoms with Crippen molar-refractivity contribution in [2.75, 3.05) is 20.2 Å². The second kappa shape index (κ2) is 10.3. The highest BCUT2D eigenvalue weighted by atomic mass is 19.1. The first kappa shape index (κ1) is 23.7. The Morgan fingerprint density at radius 3 is 2.67 bits per heavy atom. The van der Waals surface area contributed by atoms with E-state index in [1.807, 2.05) is 24.3 Å². The minimum atomic E-state index is -0.556. The first-order valence-corrected chi connectivity index (χ1v) is 11.8. The Kier molecular flexibility index (Phi) is 6.77. The molecule has 1 aliphatic heterocycles. The lowest BCUT2D eigenvalue weighted by molar-refractivity contribution is 0.0592. The highest BCUT2D eigenvalue weighted by Gasteiger charge is 2.26. The van der Waals surface area contributed by atoms with Gasteiger partial charge in [0.05, 0.1) is 12.6 Å². The number of carbonyl (C=O) groups excluding carboxylic acids is 1. The molecule has 4 aromatic rings. The summed E-state index contributed by atoms with van der Waals surface area (Å²) in [6.07, 6.45) is 2.27. The zero-order valence-electron chi connectivity index (χ0n) is 19.9. The van der Waals surface area contributed by atoms with Gasteiger partial charge in [-0.2, -0.15) is 0 Å². The van der Waals surface area contributed by atoms with Crippen LogP contribution in [0.1, 0.15) is 27.2 Å². The van der Waals surface area contributed by atoms with Crippen LogP contribution in [0.15, 0.2) is 71.7 Å². The molecular weight excluding hydrogens is 461 g/mol. The molecular formula is C28H26FN3O4. The van der Waals surface area contributed by atoms with Gasteiger partial charge in [0, 0.05) is 55.9 Å². The molecule has 36 heavy (non-hydrogen) atoms. The molecule has 8 heteroatoms. The molecule has 2 aromatic carbocycles. The first-order chi connectivity index (χ1) is 17.5. The third-order valence-corrected chi connectivity index (χ3v) is 6.49. The lowest BCUT2D eigenvalue weighted by atomic mass is 10.1. The molecule has 184 valence electrons. The Balaban J connectivity index is 1.42. The van der Waals surface area contributed by atoms with Crippen molar-refractivity contribution >= 4 is 16.9 Å². The Labute approximate surface area is 207 Å². The molecule has 0 saturated carbocycles. The van der Waals surface area contributed by atoms with E-state index in [4.69, 9.17) is 9.47 Å². The molecule has 5 rings (SSSR count). The van der Waals surface area contributed by atoms with Gasteiger partial charge in [0.2, 0.25) is 0 Å². The average Bonchev–Trinajstić information content (AvgIpc) is 3.11. The average molecular weight is 488 g/mol. The first-order valence-electron chi connectivity index (χ1n) is 11.8. The van der Waals surface area contributed by atoms with E-state index in [0.29, 0.717) is 38.3 Å². The van der Waals surface area contributed by atoms with Crippen molar-refractivity contribution in [3.8, 4) is 5.75 Å². The molecule has 7 nitrogen and oxygen atoms in total. The fourth-order valence-corrected chi connectivity index (χ4v) is 4.66. The minimum absolute atomic E-state index is 0.0906. The second-order valence-corrected chi connectivity index (χ2v) is 8.75. The van der Waals surface area contributed by atoms with Crippen molar-refractivity contribution in [2.45, 2.75) is 26.1 Å². The molecule has 0 amide bonds. The fourth-order valence-electron chi connectivity index (χ4n) is 4.66. The standard InChI is InChI=1S/C28H26FN3O4/c1-35-28(34)26-23-11-13-31(17-21-5-2-4-20-6-3-12-30-27(20)21)14-15-32(23)25(33)16-24(26)36-18-19-7-9-22(29)10-8-19/h2-10,12,16H,11,13-15,17-18H2,1H3. The number of benzene rings is 2. The summed E-state index contributed by atoms with van der Waals surface area (Å²) in [7, 11) is 1.31. The van der Waals surface area contributed by atoms with E-state index in [1.54, 1.807) is 22.9 Å². The summed E-state index contributed by atoms with van der Waals surface area (Å²) < 4.78 is 25.8. The molecule has 3 heterocycles. The van der Waals surface area contributed by atoms with E-state index in [1.165, 1.54) is 25.3 Å². The summed E-state index contributed by atoms with van der Waals surface area (Å²) in [6, 6.07) is 17.3. The molecule has 0 fully saturated rings. The number of esters is 1. The summed E-state index contributed by atoms with van der Waals surface area (Å²) in [5.74, 6) is -0.727. The van der Waals surface area contributed by atoms with Gasteiger partial charge in [-0.3, -0.25) is 14.7 Å². The van der Waals surface area contributed by atoms with Crippen LogP contribution in [-0.2, 0) is 30.9 Å². The Morgan fingerprint density at radius 1 is 1.06 bits per heavy atom. The Morgan fingerprint density at radius 2 is 1.86 bits per heavy atom. The molecule has 0 bridgehead atoms. The minimum Gasteiger partial charge on any atom is -0.488 e. The van der Waals surface area contributed by atoms with Gasteiger partial charge in [0.25, 0.3) is 5.56 Å². The number of rotatable bonds is 6. The fraction of sp³-hybridized carbons (Fsp3) is 0.250. The van der Waals surface area contributed by atoms with Gasteiger partial charge < -0.3 is 14.0 Å². The van der Waals surface area contributed by atoms with E-state index in [2.05, 4.69) is 16.0 Å². The molecule has 1 aliphatic rings. The Hall–Kier alpha value is -4.04. The highest BCUT2D eigenvalue weighted by molar-refractivity contribution is 5.93. The summed E-state index contributed by atoms with van der Waals surface area (Å²) in [6.45, 7) is 2.50. The highest BCUT2D eigenvalue weighted by Crippen LogP contribution is 2.26. The second-order valence-electron chi connectivity index (χ2n) is 8.75. The molecule has 0 radical (unpaired) electrons. The van der Waals surface area contributed by atoms with E-state index < -0.39 is 5.97 Å². The lowest BCUT2D eigenvalue weighted by Gasteiger charge is -2.20. The number of pyridine rings is 2. The van der Waals surface area contributed by atoms with Gasteiger partial charge in [-0.25, -0.2) is 9.18 Å². The van der Waals surface area contributed by atoms with Crippen LogP contribution >= 0.6 is 0 Å². The molecule has 2 aromatic heterocycles. The van der Waals surface area contributed by atoms with Crippen LogP contribution in [0.3, 0.4) is 0 Å². The number of methoxy groups -OCH3 is 1. The number of ether oxygens (including phenoxy) is 2. The van der Waals surface area contributed by atoms with Crippen molar-refractivity contribution in [3.05, 3.63) is 105 Å². The van der Waals surface area contributed by atoms with Gasteiger partial charge in [-0.05, 0) is 29.3 Å². The Bertz CT molecular complexity index is 1460. The normalized spacial score (nSPS) is 13.7.